The first-order chi connectivity index (χ1) is 14.1. The van der Waals surface area contributed by atoms with Crippen LogP contribution in [0.15, 0.2) is 58.4 Å². The largest absolute Gasteiger partial charge is 0.469 e. The number of hydrogen-bond donors (Lipinski definition) is 1. The van der Waals surface area contributed by atoms with E-state index in [0.717, 1.165) is 10.2 Å². The number of fused-ring (bicyclic) bond motifs is 1. The van der Waals surface area contributed by atoms with Gasteiger partial charge in [0.2, 0.25) is 5.13 Å². The number of carbonyl (C=O) groups excluding carboxylic acids is 1. The lowest BCUT2D eigenvalue weighted by molar-refractivity contribution is -0.139. The average molecular weight is 407 g/mol. The Morgan fingerprint density at radius 2 is 2.03 bits per heavy atom. The second-order valence-electron chi connectivity index (χ2n) is 6.21. The minimum Gasteiger partial charge on any atom is -0.469 e. The molecule has 3 aromatic heterocycles. The molecule has 0 saturated carbocycles. The third-order valence-electron chi connectivity index (χ3n) is 4.28. The van der Waals surface area contributed by atoms with Crippen molar-refractivity contribution in [2.24, 2.45) is 4.99 Å². The van der Waals surface area contributed by atoms with E-state index >= 15 is 0 Å². The molecule has 0 fully saturated rings. The molecule has 0 bridgehead atoms. The fourth-order valence-electron chi connectivity index (χ4n) is 2.94. The molecule has 29 heavy (non-hydrogen) atoms. The van der Waals surface area contributed by atoms with Gasteiger partial charge >= 0.3 is 5.97 Å². The highest BCUT2D eigenvalue weighted by atomic mass is 32.1. The summed E-state index contributed by atoms with van der Waals surface area (Å²) in [5.41, 5.74) is 1.63. The molecule has 0 aliphatic carbocycles. The van der Waals surface area contributed by atoms with E-state index in [0.29, 0.717) is 27.9 Å². The molecular weight excluding hydrogens is 390 g/mol. The summed E-state index contributed by atoms with van der Waals surface area (Å²) in [7, 11) is 1.31. The van der Waals surface area contributed by atoms with Crippen LogP contribution in [0.2, 0.25) is 0 Å². The lowest BCUT2D eigenvalue weighted by Crippen LogP contribution is -2.20. The Balaban J connectivity index is 1.86. The van der Waals surface area contributed by atoms with Gasteiger partial charge in [-0.15, -0.1) is 0 Å². The number of para-hydroxylation sites is 1. The zero-order valence-corrected chi connectivity index (χ0v) is 16.6. The molecule has 4 rings (SSSR count). The molecule has 146 valence electrons. The van der Waals surface area contributed by atoms with Crippen molar-refractivity contribution in [2.45, 2.75) is 13.3 Å². The number of esters is 1. The Kier molecular flexibility index (Phi) is 5.05. The topological polar surface area (TPSA) is 102 Å². The van der Waals surface area contributed by atoms with Crippen molar-refractivity contribution in [3.05, 3.63) is 70.3 Å². The Morgan fingerprint density at radius 3 is 2.76 bits per heavy atom. The van der Waals surface area contributed by atoms with E-state index in [1.165, 1.54) is 23.1 Å². The van der Waals surface area contributed by atoms with Crippen LogP contribution in [0.3, 0.4) is 0 Å². The van der Waals surface area contributed by atoms with E-state index in [1.807, 2.05) is 30.3 Å². The first kappa shape index (κ1) is 18.8. The standard InChI is InChI=1S/C20H17N5O3S/c1-12(22-16-9-5-6-10-21-16)18-14(11-17(26)28-2)24-25(19(18)27)20-23-13-7-3-4-8-15(13)29-20/h3-10,24H,11H2,1-2H3. The van der Waals surface area contributed by atoms with Gasteiger partial charge in [-0.2, -0.15) is 4.68 Å². The second-order valence-corrected chi connectivity index (χ2v) is 7.22. The van der Waals surface area contributed by atoms with Gasteiger partial charge in [-0.05, 0) is 31.2 Å². The SMILES string of the molecule is COC(=O)Cc1[nH]n(-c2nc3ccccc3s2)c(=O)c1C(C)=Nc1ccccn1. The molecule has 0 radical (unpaired) electrons. The van der Waals surface area contributed by atoms with Crippen LogP contribution in [0.5, 0.6) is 0 Å². The van der Waals surface area contributed by atoms with Gasteiger partial charge in [0.15, 0.2) is 5.82 Å². The maximum absolute atomic E-state index is 13.2. The lowest BCUT2D eigenvalue weighted by Gasteiger charge is -2.01. The summed E-state index contributed by atoms with van der Waals surface area (Å²) < 4.78 is 7.07. The number of ether oxygens (including phenoxy) is 1. The summed E-state index contributed by atoms with van der Waals surface area (Å²) in [5, 5.41) is 3.49. The number of carbonyl (C=O) groups is 1. The van der Waals surface area contributed by atoms with Gasteiger partial charge in [-0.3, -0.25) is 14.7 Å². The summed E-state index contributed by atoms with van der Waals surface area (Å²) in [6.07, 6.45) is 1.53. The molecule has 8 nitrogen and oxygen atoms in total. The van der Waals surface area contributed by atoms with Crippen molar-refractivity contribution in [3.63, 3.8) is 0 Å². The molecule has 0 aliphatic rings. The van der Waals surface area contributed by atoms with Crippen molar-refractivity contribution in [1.82, 2.24) is 19.7 Å². The third kappa shape index (κ3) is 3.72. The van der Waals surface area contributed by atoms with Crippen LogP contribution in [0.4, 0.5) is 5.82 Å². The number of benzene rings is 1. The molecule has 1 aromatic carbocycles. The van der Waals surface area contributed by atoms with Gasteiger partial charge in [-0.1, -0.05) is 29.5 Å². The highest BCUT2D eigenvalue weighted by Gasteiger charge is 2.22. The summed E-state index contributed by atoms with van der Waals surface area (Å²) >= 11 is 1.38. The maximum atomic E-state index is 13.2. The van der Waals surface area contributed by atoms with Crippen LogP contribution in [0.25, 0.3) is 15.3 Å². The number of pyridine rings is 1. The summed E-state index contributed by atoms with van der Waals surface area (Å²) in [6, 6.07) is 13.0. The van der Waals surface area contributed by atoms with Crippen molar-refractivity contribution in [2.75, 3.05) is 7.11 Å². The predicted octanol–water partition coefficient (Wildman–Crippen LogP) is 3.03. The number of thiazole rings is 1. The monoisotopic (exact) mass is 407 g/mol. The number of nitrogens with zero attached hydrogens (tertiary/aromatic N) is 4. The quantitative estimate of drug-likeness (QED) is 0.405. The Bertz CT molecular complexity index is 1240. The Hall–Kier alpha value is -3.59. The molecule has 1 N–H and O–H groups in total. The van der Waals surface area contributed by atoms with Crippen LogP contribution in [-0.2, 0) is 16.0 Å². The minimum absolute atomic E-state index is 0.0892. The smallest absolute Gasteiger partial charge is 0.311 e. The third-order valence-corrected chi connectivity index (χ3v) is 5.30. The number of methoxy groups -OCH3 is 1. The number of rotatable bonds is 5. The number of aliphatic imine (C=N–C) groups is 1. The highest BCUT2D eigenvalue weighted by Crippen LogP contribution is 2.24. The molecule has 0 aliphatic heterocycles. The predicted molar refractivity (Wildman–Crippen MR) is 111 cm³/mol. The highest BCUT2D eigenvalue weighted by molar-refractivity contribution is 7.20. The Morgan fingerprint density at radius 1 is 1.24 bits per heavy atom. The van der Waals surface area contributed by atoms with E-state index < -0.39 is 5.97 Å². The van der Waals surface area contributed by atoms with Crippen LogP contribution < -0.4 is 5.56 Å². The van der Waals surface area contributed by atoms with Gasteiger partial charge in [-0.25, -0.2) is 15.0 Å². The molecule has 0 saturated heterocycles. The first-order valence-corrected chi connectivity index (χ1v) is 9.62. The molecule has 4 aromatic rings. The van der Waals surface area contributed by atoms with Crippen molar-refractivity contribution in [3.8, 4) is 5.13 Å². The van der Waals surface area contributed by atoms with Crippen molar-refractivity contribution < 1.29 is 9.53 Å². The van der Waals surface area contributed by atoms with E-state index in [4.69, 9.17) is 4.74 Å². The zero-order valence-electron chi connectivity index (χ0n) is 15.7. The molecule has 0 unspecified atom stereocenters. The lowest BCUT2D eigenvalue weighted by atomic mass is 10.1. The van der Waals surface area contributed by atoms with Gasteiger partial charge < -0.3 is 4.74 Å². The number of nitrogens with one attached hydrogen (secondary N) is 1. The summed E-state index contributed by atoms with van der Waals surface area (Å²) in [4.78, 5) is 38.2. The van der Waals surface area contributed by atoms with E-state index in [1.54, 1.807) is 25.3 Å². The van der Waals surface area contributed by atoms with Crippen LogP contribution >= 0.6 is 11.3 Å². The fourth-order valence-corrected chi connectivity index (χ4v) is 3.86. The van der Waals surface area contributed by atoms with Gasteiger partial charge in [0, 0.05) is 6.20 Å². The average Bonchev–Trinajstić information content (AvgIpc) is 3.29. The van der Waals surface area contributed by atoms with Crippen LogP contribution in [0.1, 0.15) is 18.2 Å². The van der Waals surface area contributed by atoms with Crippen LogP contribution in [-0.4, -0.2) is 38.5 Å². The number of H-pyrrole nitrogens is 1. The van der Waals surface area contributed by atoms with Gasteiger partial charge in [0.05, 0.1) is 40.7 Å². The van der Waals surface area contributed by atoms with Gasteiger partial charge in [0.25, 0.3) is 5.56 Å². The van der Waals surface area contributed by atoms with Crippen molar-refractivity contribution in [1.29, 1.82) is 0 Å². The molecule has 9 heteroatoms. The van der Waals surface area contributed by atoms with E-state index in [-0.39, 0.29) is 12.0 Å². The van der Waals surface area contributed by atoms with E-state index in [9.17, 15) is 9.59 Å². The fraction of sp³-hybridized carbons (Fsp3) is 0.150. The van der Waals surface area contributed by atoms with E-state index in [2.05, 4.69) is 20.1 Å². The molecule has 0 atom stereocenters. The number of aromatic nitrogens is 4. The molecule has 0 amide bonds. The zero-order chi connectivity index (χ0) is 20.4. The molecule has 0 spiro atoms. The minimum atomic E-state index is -0.463. The second kappa shape index (κ2) is 7.80. The summed E-state index contributed by atoms with van der Waals surface area (Å²) in [5.74, 6) is 0.00995. The van der Waals surface area contributed by atoms with Crippen LogP contribution in [0, 0.1) is 0 Å². The first-order valence-electron chi connectivity index (χ1n) is 8.80. The summed E-state index contributed by atoms with van der Waals surface area (Å²) in [6.45, 7) is 1.71. The maximum Gasteiger partial charge on any atom is 0.311 e. The Labute approximate surface area is 169 Å². The molecule has 3 heterocycles. The number of aromatic amines is 1. The van der Waals surface area contributed by atoms with Gasteiger partial charge in [0.1, 0.15) is 0 Å². The van der Waals surface area contributed by atoms with Crippen molar-refractivity contribution >= 4 is 39.1 Å². The number of hydrogen-bond acceptors (Lipinski definition) is 7. The normalized spacial score (nSPS) is 11.7. The molecular formula is C20H17N5O3S.